The molecule has 0 saturated heterocycles. The fourth-order valence-corrected chi connectivity index (χ4v) is 0.802. The van der Waals surface area contributed by atoms with Crippen LogP contribution in [-0.2, 0) is 0 Å². The fraction of sp³-hybridized carbons (Fsp3) is 0.556. The van der Waals surface area contributed by atoms with Crippen molar-refractivity contribution in [2.24, 2.45) is 0 Å². The highest BCUT2D eigenvalue weighted by molar-refractivity contribution is 4.71. The summed E-state index contributed by atoms with van der Waals surface area (Å²) in [5, 5.41) is 8.27. The van der Waals surface area contributed by atoms with Crippen molar-refractivity contribution in [3.8, 4) is 0 Å². The maximum absolute atomic E-state index is 8.27. The largest absolute Gasteiger partial charge is 0.516 e. The van der Waals surface area contributed by atoms with Crippen LogP contribution in [0.4, 0.5) is 0 Å². The third kappa shape index (κ3) is 7.28. The zero-order valence-corrected chi connectivity index (χ0v) is 6.42. The molecule has 0 heterocycles. The number of allylic oxidation sites excluding steroid dienone is 2. The lowest BCUT2D eigenvalue weighted by Crippen LogP contribution is -1.73. The summed E-state index contributed by atoms with van der Waals surface area (Å²) in [5.41, 5.74) is 0. The van der Waals surface area contributed by atoms with E-state index in [-0.39, 0.29) is 0 Å². The predicted octanol–water partition coefficient (Wildman–Crippen LogP) is 3.19. The molecule has 0 rings (SSSR count). The topological polar surface area (TPSA) is 20.2 Å². The predicted molar refractivity (Wildman–Crippen MR) is 45.1 cm³/mol. The maximum atomic E-state index is 8.27. The van der Waals surface area contributed by atoms with E-state index in [4.69, 9.17) is 5.11 Å². The number of hydrogen-bond donors (Lipinski definition) is 1. The monoisotopic (exact) mass is 140 g/mol. The summed E-state index contributed by atoms with van der Waals surface area (Å²) in [4.78, 5) is 0. The zero-order valence-electron chi connectivity index (χ0n) is 6.42. The van der Waals surface area contributed by atoms with Gasteiger partial charge in [0.25, 0.3) is 0 Å². The molecule has 58 valence electrons. The van der Waals surface area contributed by atoms with Crippen LogP contribution in [0.15, 0.2) is 25.0 Å². The summed E-state index contributed by atoms with van der Waals surface area (Å²) in [5.74, 6) is 0. The third-order valence-corrected chi connectivity index (χ3v) is 1.38. The molecule has 0 fully saturated rings. The Hall–Kier alpha value is -0.720. The third-order valence-electron chi connectivity index (χ3n) is 1.38. The molecule has 0 aromatic rings. The second-order valence-electron chi connectivity index (χ2n) is 2.31. The summed E-state index contributed by atoms with van der Waals surface area (Å²) < 4.78 is 0. The molecule has 0 aliphatic heterocycles. The van der Waals surface area contributed by atoms with E-state index in [9.17, 15) is 0 Å². The Balaban J connectivity index is 2.83. The van der Waals surface area contributed by atoms with Crippen molar-refractivity contribution < 1.29 is 5.11 Å². The molecule has 0 radical (unpaired) electrons. The lowest BCUT2D eigenvalue weighted by atomic mass is 10.1. The van der Waals surface area contributed by atoms with Crippen molar-refractivity contribution in [2.75, 3.05) is 0 Å². The lowest BCUT2D eigenvalue weighted by molar-refractivity contribution is 0.469. The summed E-state index contributed by atoms with van der Waals surface area (Å²) in [6.07, 6.45) is 10.6. The van der Waals surface area contributed by atoms with Crippen LogP contribution < -0.4 is 0 Å². The van der Waals surface area contributed by atoms with Crippen molar-refractivity contribution in [1.29, 1.82) is 0 Å². The molecule has 0 aliphatic carbocycles. The Labute approximate surface area is 63.1 Å². The normalized spacial score (nSPS) is 10.4. The Morgan fingerprint density at radius 3 is 2.40 bits per heavy atom. The highest BCUT2D eigenvalue weighted by Crippen LogP contribution is 2.03. The minimum Gasteiger partial charge on any atom is -0.516 e. The van der Waals surface area contributed by atoms with Crippen LogP contribution in [0, 0.1) is 0 Å². The van der Waals surface area contributed by atoms with Gasteiger partial charge in [-0.15, -0.1) is 6.58 Å². The summed E-state index contributed by atoms with van der Waals surface area (Å²) in [7, 11) is 0. The summed E-state index contributed by atoms with van der Waals surface area (Å²) in [6, 6.07) is 0. The van der Waals surface area contributed by atoms with Gasteiger partial charge in [-0.2, -0.15) is 0 Å². The quantitative estimate of drug-likeness (QED) is 0.341. The van der Waals surface area contributed by atoms with Crippen molar-refractivity contribution >= 4 is 0 Å². The van der Waals surface area contributed by atoms with Crippen molar-refractivity contribution in [1.82, 2.24) is 0 Å². The van der Waals surface area contributed by atoms with Gasteiger partial charge in [0.2, 0.25) is 0 Å². The first-order valence-electron chi connectivity index (χ1n) is 3.82. The minimum atomic E-state index is 0.994. The average Bonchev–Trinajstić information content (AvgIpc) is 1.97. The van der Waals surface area contributed by atoms with Gasteiger partial charge in [-0.05, 0) is 25.7 Å². The Morgan fingerprint density at radius 2 is 1.80 bits per heavy atom. The molecule has 1 nitrogen and oxygen atoms in total. The highest BCUT2D eigenvalue weighted by atomic mass is 16.2. The van der Waals surface area contributed by atoms with Crippen molar-refractivity contribution in [3.05, 3.63) is 25.0 Å². The van der Waals surface area contributed by atoms with Crippen LogP contribution >= 0.6 is 0 Å². The molecule has 0 bridgehead atoms. The number of hydrogen-bond acceptors (Lipinski definition) is 1. The van der Waals surface area contributed by atoms with Gasteiger partial charge >= 0.3 is 0 Å². The van der Waals surface area contributed by atoms with Crippen LogP contribution in [-0.4, -0.2) is 5.11 Å². The summed E-state index contributed by atoms with van der Waals surface area (Å²) in [6.45, 7) is 3.64. The van der Waals surface area contributed by atoms with E-state index < -0.39 is 0 Å². The molecule has 0 aromatic heterocycles. The highest BCUT2D eigenvalue weighted by Gasteiger charge is 1.83. The number of unbranched alkanes of at least 4 members (excludes halogenated alkanes) is 4. The smallest absolute Gasteiger partial charge is 0.0751 e. The molecule has 0 atom stereocenters. The SMILES string of the molecule is C=CCCCCC/C=C/O. The molecule has 1 heteroatoms. The number of aliphatic hydroxyl groups excluding tert-OH is 1. The number of aliphatic hydroxyl groups is 1. The van der Waals surface area contributed by atoms with Crippen LogP contribution in [0.3, 0.4) is 0 Å². The van der Waals surface area contributed by atoms with E-state index in [0.717, 1.165) is 19.1 Å². The molecule has 0 unspecified atom stereocenters. The fourth-order valence-electron chi connectivity index (χ4n) is 0.802. The van der Waals surface area contributed by atoms with Crippen LogP contribution in [0.2, 0.25) is 0 Å². The second kappa shape index (κ2) is 8.28. The lowest BCUT2D eigenvalue weighted by Gasteiger charge is -1.93. The Bertz CT molecular complexity index is 94.9. The van der Waals surface area contributed by atoms with E-state index in [2.05, 4.69) is 6.58 Å². The number of rotatable bonds is 6. The van der Waals surface area contributed by atoms with E-state index in [1.54, 1.807) is 6.08 Å². The van der Waals surface area contributed by atoms with Crippen LogP contribution in [0.5, 0.6) is 0 Å². The van der Waals surface area contributed by atoms with Gasteiger partial charge < -0.3 is 5.11 Å². The molecule has 0 spiro atoms. The average molecular weight is 140 g/mol. The van der Waals surface area contributed by atoms with Gasteiger partial charge in [0.05, 0.1) is 6.26 Å². The van der Waals surface area contributed by atoms with Crippen LogP contribution in [0.1, 0.15) is 32.1 Å². The first kappa shape index (κ1) is 9.28. The van der Waals surface area contributed by atoms with Crippen LogP contribution in [0.25, 0.3) is 0 Å². The second-order valence-corrected chi connectivity index (χ2v) is 2.31. The molecule has 1 N–H and O–H groups in total. The van der Waals surface area contributed by atoms with Crippen molar-refractivity contribution in [2.45, 2.75) is 32.1 Å². The Morgan fingerprint density at radius 1 is 1.10 bits per heavy atom. The zero-order chi connectivity index (χ0) is 7.66. The van der Waals surface area contributed by atoms with E-state index in [1.165, 1.54) is 19.3 Å². The molecule has 0 saturated carbocycles. The molecular weight excluding hydrogens is 124 g/mol. The van der Waals surface area contributed by atoms with E-state index in [1.807, 2.05) is 6.08 Å². The molecule has 0 aromatic carbocycles. The van der Waals surface area contributed by atoms with E-state index >= 15 is 0 Å². The Kier molecular flexibility index (Phi) is 7.68. The van der Waals surface area contributed by atoms with Gasteiger partial charge in [-0.1, -0.05) is 18.6 Å². The van der Waals surface area contributed by atoms with E-state index in [0.29, 0.717) is 0 Å². The summed E-state index contributed by atoms with van der Waals surface area (Å²) >= 11 is 0. The van der Waals surface area contributed by atoms with Crippen molar-refractivity contribution in [3.63, 3.8) is 0 Å². The molecule has 10 heavy (non-hydrogen) atoms. The van der Waals surface area contributed by atoms with Gasteiger partial charge in [0, 0.05) is 0 Å². The molecular formula is C9H16O. The first-order valence-corrected chi connectivity index (χ1v) is 3.82. The van der Waals surface area contributed by atoms with Gasteiger partial charge in [-0.3, -0.25) is 0 Å². The maximum Gasteiger partial charge on any atom is 0.0751 e. The molecule has 0 amide bonds. The van der Waals surface area contributed by atoms with Gasteiger partial charge in [0.15, 0.2) is 0 Å². The first-order chi connectivity index (χ1) is 4.91. The molecule has 0 aliphatic rings. The van der Waals surface area contributed by atoms with Gasteiger partial charge in [-0.25, -0.2) is 0 Å². The minimum absolute atomic E-state index is 0.994. The standard InChI is InChI=1S/C9H16O/c1-2-3-4-5-6-7-8-9-10/h2,8-10H,1,3-7H2/b9-8+. The van der Waals surface area contributed by atoms with Gasteiger partial charge in [0.1, 0.15) is 0 Å².